The number of hydrogen-bond acceptors (Lipinski definition) is 2. The highest BCUT2D eigenvalue weighted by molar-refractivity contribution is 5.40. The van der Waals surface area contributed by atoms with Crippen molar-refractivity contribution in [2.75, 3.05) is 0 Å². The summed E-state index contributed by atoms with van der Waals surface area (Å²) in [5.41, 5.74) is 0.165. The van der Waals surface area contributed by atoms with Crippen LogP contribution in [-0.4, -0.2) is 18.1 Å². The predicted molar refractivity (Wildman–Crippen MR) is 60.7 cm³/mol. The number of halogens is 6. The number of allylic oxidation sites excluding steroid dienone is 6. The molecule has 2 nitrogen and oxygen atoms in total. The fourth-order valence-corrected chi connectivity index (χ4v) is 1.96. The quantitative estimate of drug-likeness (QED) is 0.612. The van der Waals surface area contributed by atoms with Crippen LogP contribution in [0.5, 0.6) is 0 Å². The first-order valence-electron chi connectivity index (χ1n) is 5.77. The summed E-state index contributed by atoms with van der Waals surface area (Å²) in [6.07, 6.45) is -6.28. The Hall–Kier alpha value is -1.86. The Kier molecular flexibility index (Phi) is 3.38. The summed E-state index contributed by atoms with van der Waals surface area (Å²) in [6, 6.07) is 0. The van der Waals surface area contributed by atoms with Gasteiger partial charge in [0.1, 0.15) is 0 Å². The molecule has 2 aliphatic rings. The van der Waals surface area contributed by atoms with E-state index in [1.807, 2.05) is 0 Å². The molecule has 21 heavy (non-hydrogen) atoms. The van der Waals surface area contributed by atoms with Crippen molar-refractivity contribution in [3.05, 3.63) is 47.0 Å². The van der Waals surface area contributed by atoms with Gasteiger partial charge in [0.05, 0.1) is 0 Å². The van der Waals surface area contributed by atoms with Crippen molar-refractivity contribution in [3.63, 3.8) is 0 Å². The number of rotatable bonds is 0. The average Bonchev–Trinajstić information content (AvgIpc) is 2.33. The van der Waals surface area contributed by atoms with Crippen molar-refractivity contribution < 1.29 is 35.8 Å². The topological polar surface area (TPSA) is 18.5 Å². The van der Waals surface area contributed by atoms with Crippen LogP contribution in [0.15, 0.2) is 47.0 Å². The molecular weight excluding hydrogens is 302 g/mol. The third-order valence-electron chi connectivity index (χ3n) is 3.07. The molecule has 2 aliphatic heterocycles. The van der Waals surface area contributed by atoms with E-state index in [1.54, 1.807) is 0 Å². The first-order chi connectivity index (χ1) is 9.47. The van der Waals surface area contributed by atoms with Crippen LogP contribution in [0.25, 0.3) is 0 Å². The number of ether oxygens (including phenoxy) is 2. The number of hydrogen-bond donors (Lipinski definition) is 0. The fraction of sp³-hybridized carbons (Fsp3) is 0.385. The minimum atomic E-state index is -4.83. The lowest BCUT2D eigenvalue weighted by molar-refractivity contribution is -0.229. The van der Waals surface area contributed by atoms with E-state index < -0.39 is 29.7 Å². The zero-order valence-corrected chi connectivity index (χ0v) is 10.9. The molecule has 1 spiro atoms. The predicted octanol–water partition coefficient (Wildman–Crippen LogP) is 4.53. The SMILES string of the molecule is CC1=CC=C(C(F)(F)F)OC12OC(C(F)(F)F)=CC=C2C. The molecule has 0 aromatic carbocycles. The van der Waals surface area contributed by atoms with Crippen molar-refractivity contribution in [3.8, 4) is 0 Å². The molecule has 0 saturated carbocycles. The van der Waals surface area contributed by atoms with Gasteiger partial charge in [0.25, 0.3) is 5.79 Å². The van der Waals surface area contributed by atoms with Crippen LogP contribution < -0.4 is 0 Å². The van der Waals surface area contributed by atoms with Gasteiger partial charge in [-0.2, -0.15) is 26.3 Å². The molecule has 0 atom stereocenters. The average molecular weight is 312 g/mol. The van der Waals surface area contributed by atoms with Gasteiger partial charge in [0.2, 0.25) is 11.5 Å². The summed E-state index contributed by atoms with van der Waals surface area (Å²) in [5.74, 6) is -5.05. The Morgan fingerprint density at radius 2 is 1.05 bits per heavy atom. The van der Waals surface area contributed by atoms with Crippen molar-refractivity contribution >= 4 is 0 Å². The zero-order valence-electron chi connectivity index (χ0n) is 10.9. The maximum absolute atomic E-state index is 12.7. The van der Waals surface area contributed by atoms with E-state index in [-0.39, 0.29) is 11.1 Å². The van der Waals surface area contributed by atoms with Crippen LogP contribution >= 0.6 is 0 Å². The molecule has 0 bridgehead atoms. The van der Waals surface area contributed by atoms with Gasteiger partial charge in [0, 0.05) is 11.1 Å². The molecule has 2 rings (SSSR count). The lowest BCUT2D eigenvalue weighted by Gasteiger charge is -2.41. The smallest absolute Gasteiger partial charge is 0.440 e. The van der Waals surface area contributed by atoms with Crippen LogP contribution in [0.2, 0.25) is 0 Å². The molecule has 0 N–H and O–H groups in total. The molecule has 0 unspecified atom stereocenters. The van der Waals surface area contributed by atoms with Gasteiger partial charge < -0.3 is 9.47 Å². The molecule has 0 aromatic rings. The normalized spacial score (nSPS) is 21.7. The van der Waals surface area contributed by atoms with Crippen molar-refractivity contribution in [2.45, 2.75) is 32.0 Å². The standard InChI is InChI=1S/C13H10F6O2/c1-7-3-5-9(12(14,15)16)20-11(7)8(2)4-6-10(21-11)13(17,18)19/h3-6H,1-2H3. The monoisotopic (exact) mass is 312 g/mol. The van der Waals surface area contributed by atoms with Gasteiger partial charge in [-0.3, -0.25) is 0 Å². The lowest BCUT2D eigenvalue weighted by atomic mass is 9.94. The summed E-state index contributed by atoms with van der Waals surface area (Å²) >= 11 is 0. The van der Waals surface area contributed by atoms with Crippen LogP contribution in [0, 0.1) is 0 Å². The second kappa shape index (κ2) is 4.57. The van der Waals surface area contributed by atoms with E-state index in [2.05, 4.69) is 0 Å². The van der Waals surface area contributed by atoms with Crippen molar-refractivity contribution in [1.29, 1.82) is 0 Å². The second-order valence-corrected chi connectivity index (χ2v) is 4.58. The van der Waals surface area contributed by atoms with Gasteiger partial charge in [-0.05, 0) is 26.0 Å². The fourth-order valence-electron chi connectivity index (χ4n) is 1.96. The van der Waals surface area contributed by atoms with E-state index >= 15 is 0 Å². The van der Waals surface area contributed by atoms with E-state index in [4.69, 9.17) is 9.47 Å². The Morgan fingerprint density at radius 3 is 1.33 bits per heavy atom. The van der Waals surface area contributed by atoms with E-state index in [0.29, 0.717) is 12.2 Å². The summed E-state index contributed by atoms with van der Waals surface area (Å²) in [6.45, 7) is 2.67. The molecule has 116 valence electrons. The van der Waals surface area contributed by atoms with Crippen molar-refractivity contribution in [2.24, 2.45) is 0 Å². The van der Waals surface area contributed by atoms with Gasteiger partial charge in [0.15, 0.2) is 0 Å². The maximum atomic E-state index is 12.7. The van der Waals surface area contributed by atoms with Crippen LogP contribution in [0.3, 0.4) is 0 Å². The highest BCUT2D eigenvalue weighted by Gasteiger charge is 2.52. The Morgan fingerprint density at radius 1 is 0.714 bits per heavy atom. The van der Waals surface area contributed by atoms with E-state index in [9.17, 15) is 26.3 Å². The molecule has 0 saturated heterocycles. The molecule has 8 heteroatoms. The maximum Gasteiger partial charge on any atom is 0.449 e. The van der Waals surface area contributed by atoms with Gasteiger partial charge in [-0.25, -0.2) is 0 Å². The largest absolute Gasteiger partial charge is 0.449 e. The third-order valence-corrected chi connectivity index (χ3v) is 3.07. The molecule has 2 heterocycles. The summed E-state index contributed by atoms with van der Waals surface area (Å²) in [7, 11) is 0. The molecule has 0 radical (unpaired) electrons. The van der Waals surface area contributed by atoms with Crippen LogP contribution in [-0.2, 0) is 9.47 Å². The van der Waals surface area contributed by atoms with Gasteiger partial charge in [-0.1, -0.05) is 12.2 Å². The minimum Gasteiger partial charge on any atom is -0.440 e. The molecule has 0 aliphatic carbocycles. The van der Waals surface area contributed by atoms with Crippen molar-refractivity contribution in [1.82, 2.24) is 0 Å². The molecular formula is C13H10F6O2. The summed E-state index contributed by atoms with van der Waals surface area (Å²) in [4.78, 5) is 0. The zero-order chi connectivity index (χ0) is 16.1. The molecule has 0 amide bonds. The first kappa shape index (κ1) is 15.5. The second-order valence-electron chi connectivity index (χ2n) is 4.58. The van der Waals surface area contributed by atoms with Gasteiger partial charge >= 0.3 is 12.4 Å². The molecule has 0 fully saturated rings. The highest BCUT2D eigenvalue weighted by Crippen LogP contribution is 2.46. The Bertz CT molecular complexity index is 522. The van der Waals surface area contributed by atoms with E-state index in [0.717, 1.165) is 12.2 Å². The van der Waals surface area contributed by atoms with Crippen LogP contribution in [0.1, 0.15) is 13.8 Å². The highest BCUT2D eigenvalue weighted by atomic mass is 19.4. The first-order valence-corrected chi connectivity index (χ1v) is 5.77. The minimum absolute atomic E-state index is 0.0825. The van der Waals surface area contributed by atoms with Crippen LogP contribution in [0.4, 0.5) is 26.3 Å². The summed E-state index contributed by atoms with van der Waals surface area (Å²) < 4.78 is 85.9. The Labute approximate surface area is 116 Å². The molecule has 0 aromatic heterocycles. The number of alkyl halides is 6. The lowest BCUT2D eigenvalue weighted by Crippen LogP contribution is -2.44. The van der Waals surface area contributed by atoms with E-state index in [1.165, 1.54) is 13.8 Å². The van der Waals surface area contributed by atoms with Gasteiger partial charge in [-0.15, -0.1) is 0 Å². The Balaban J connectivity index is 2.45. The third kappa shape index (κ3) is 2.66. The summed E-state index contributed by atoms with van der Waals surface area (Å²) in [5, 5.41) is 0.